The van der Waals surface area contributed by atoms with Gasteiger partial charge < -0.3 is 10.6 Å². The van der Waals surface area contributed by atoms with E-state index in [2.05, 4.69) is 67.7 Å². The SMILES string of the molecule is CCNc1ncc(Br)c(NCc2ccc(CC)cc2)n1. The van der Waals surface area contributed by atoms with Crippen molar-refractivity contribution in [2.24, 2.45) is 0 Å². The Labute approximate surface area is 128 Å². The van der Waals surface area contributed by atoms with Gasteiger partial charge in [-0.2, -0.15) is 4.98 Å². The molecule has 20 heavy (non-hydrogen) atoms. The highest BCUT2D eigenvalue weighted by molar-refractivity contribution is 9.10. The van der Waals surface area contributed by atoms with Gasteiger partial charge >= 0.3 is 0 Å². The Balaban J connectivity index is 2.03. The summed E-state index contributed by atoms with van der Waals surface area (Å²) in [6, 6.07) is 8.62. The van der Waals surface area contributed by atoms with Gasteiger partial charge in [-0.15, -0.1) is 0 Å². The molecule has 0 spiro atoms. The fraction of sp³-hybridized carbons (Fsp3) is 0.333. The van der Waals surface area contributed by atoms with E-state index in [0.29, 0.717) is 5.95 Å². The van der Waals surface area contributed by atoms with Crippen LogP contribution in [-0.2, 0) is 13.0 Å². The van der Waals surface area contributed by atoms with Crippen molar-refractivity contribution in [3.8, 4) is 0 Å². The molecule has 0 aliphatic rings. The van der Waals surface area contributed by atoms with E-state index in [9.17, 15) is 0 Å². The van der Waals surface area contributed by atoms with Crippen LogP contribution in [0.2, 0.25) is 0 Å². The van der Waals surface area contributed by atoms with E-state index in [4.69, 9.17) is 0 Å². The summed E-state index contributed by atoms with van der Waals surface area (Å²) >= 11 is 3.46. The zero-order chi connectivity index (χ0) is 14.4. The third-order valence-electron chi connectivity index (χ3n) is 2.97. The zero-order valence-electron chi connectivity index (χ0n) is 11.8. The molecule has 4 nitrogen and oxygen atoms in total. The highest BCUT2D eigenvalue weighted by Gasteiger charge is 2.04. The second-order valence-corrected chi connectivity index (χ2v) is 5.30. The van der Waals surface area contributed by atoms with Crippen molar-refractivity contribution in [3.63, 3.8) is 0 Å². The number of anilines is 2. The predicted molar refractivity (Wildman–Crippen MR) is 87.0 cm³/mol. The Morgan fingerprint density at radius 3 is 2.40 bits per heavy atom. The maximum absolute atomic E-state index is 4.43. The number of benzene rings is 1. The summed E-state index contributed by atoms with van der Waals surface area (Å²) in [6.07, 6.45) is 2.82. The fourth-order valence-corrected chi connectivity index (χ4v) is 2.14. The van der Waals surface area contributed by atoms with Crippen molar-refractivity contribution in [1.29, 1.82) is 0 Å². The van der Waals surface area contributed by atoms with Crippen molar-refractivity contribution >= 4 is 27.7 Å². The third-order valence-corrected chi connectivity index (χ3v) is 3.55. The van der Waals surface area contributed by atoms with Crippen LogP contribution in [0.25, 0.3) is 0 Å². The fourth-order valence-electron chi connectivity index (χ4n) is 1.81. The molecule has 0 atom stereocenters. The minimum Gasteiger partial charge on any atom is -0.365 e. The molecule has 0 aliphatic heterocycles. The number of aromatic nitrogens is 2. The van der Waals surface area contributed by atoms with Gasteiger partial charge in [0.25, 0.3) is 0 Å². The van der Waals surface area contributed by atoms with Crippen LogP contribution in [0.1, 0.15) is 25.0 Å². The molecule has 0 saturated heterocycles. The summed E-state index contributed by atoms with van der Waals surface area (Å²) in [4.78, 5) is 8.63. The number of aryl methyl sites for hydroxylation is 1. The number of rotatable bonds is 6. The number of nitrogens with zero attached hydrogens (tertiary/aromatic N) is 2. The van der Waals surface area contributed by atoms with Gasteiger partial charge in [0.1, 0.15) is 5.82 Å². The van der Waals surface area contributed by atoms with Gasteiger partial charge in [-0.05, 0) is 40.4 Å². The molecule has 0 amide bonds. The van der Waals surface area contributed by atoms with Gasteiger partial charge in [-0.3, -0.25) is 0 Å². The molecule has 5 heteroatoms. The second kappa shape index (κ2) is 7.24. The first kappa shape index (κ1) is 14.8. The van der Waals surface area contributed by atoms with Crippen molar-refractivity contribution in [1.82, 2.24) is 9.97 Å². The quantitative estimate of drug-likeness (QED) is 0.842. The van der Waals surface area contributed by atoms with Crippen molar-refractivity contribution in [3.05, 3.63) is 46.1 Å². The lowest BCUT2D eigenvalue weighted by Crippen LogP contribution is -2.07. The third kappa shape index (κ3) is 3.93. The van der Waals surface area contributed by atoms with Crippen molar-refractivity contribution < 1.29 is 0 Å². The van der Waals surface area contributed by atoms with E-state index in [1.165, 1.54) is 11.1 Å². The molecule has 0 saturated carbocycles. The molecular formula is C15H19BrN4. The van der Waals surface area contributed by atoms with E-state index in [1.807, 2.05) is 6.92 Å². The smallest absolute Gasteiger partial charge is 0.224 e. The largest absolute Gasteiger partial charge is 0.365 e. The van der Waals surface area contributed by atoms with Crippen molar-refractivity contribution in [2.45, 2.75) is 26.8 Å². The van der Waals surface area contributed by atoms with Gasteiger partial charge in [0.2, 0.25) is 5.95 Å². The summed E-state index contributed by atoms with van der Waals surface area (Å²) in [6.45, 7) is 5.73. The average Bonchev–Trinajstić information content (AvgIpc) is 2.48. The number of hydrogen-bond donors (Lipinski definition) is 2. The monoisotopic (exact) mass is 334 g/mol. The number of hydrogen-bond acceptors (Lipinski definition) is 4. The Morgan fingerprint density at radius 1 is 1.05 bits per heavy atom. The summed E-state index contributed by atoms with van der Waals surface area (Å²) < 4.78 is 0.865. The Kier molecular flexibility index (Phi) is 5.35. The molecule has 106 valence electrons. The highest BCUT2D eigenvalue weighted by Crippen LogP contribution is 2.20. The lowest BCUT2D eigenvalue weighted by atomic mass is 10.1. The average molecular weight is 335 g/mol. The van der Waals surface area contributed by atoms with Crippen molar-refractivity contribution in [2.75, 3.05) is 17.2 Å². The van der Waals surface area contributed by atoms with E-state index < -0.39 is 0 Å². The lowest BCUT2D eigenvalue weighted by Gasteiger charge is -2.10. The molecule has 0 aliphatic carbocycles. The van der Waals surface area contributed by atoms with E-state index in [1.54, 1.807) is 6.20 Å². The lowest BCUT2D eigenvalue weighted by molar-refractivity contribution is 1.04. The number of halogens is 1. The van der Waals surface area contributed by atoms with E-state index >= 15 is 0 Å². The summed E-state index contributed by atoms with van der Waals surface area (Å²) in [5.74, 6) is 1.44. The topological polar surface area (TPSA) is 49.8 Å². The zero-order valence-corrected chi connectivity index (χ0v) is 13.4. The molecule has 2 N–H and O–H groups in total. The molecule has 0 bridgehead atoms. The van der Waals surface area contributed by atoms with E-state index in [-0.39, 0.29) is 0 Å². The van der Waals surface area contributed by atoms with E-state index in [0.717, 1.165) is 29.8 Å². The van der Waals surface area contributed by atoms with Crippen LogP contribution in [-0.4, -0.2) is 16.5 Å². The molecular weight excluding hydrogens is 316 g/mol. The maximum Gasteiger partial charge on any atom is 0.224 e. The molecule has 0 fully saturated rings. The highest BCUT2D eigenvalue weighted by atomic mass is 79.9. The first-order chi connectivity index (χ1) is 9.72. The Morgan fingerprint density at radius 2 is 1.75 bits per heavy atom. The Bertz CT molecular complexity index is 554. The Hall–Kier alpha value is -1.62. The number of nitrogens with one attached hydrogen (secondary N) is 2. The molecule has 2 rings (SSSR count). The first-order valence-electron chi connectivity index (χ1n) is 6.81. The summed E-state index contributed by atoms with van der Waals surface area (Å²) in [7, 11) is 0. The van der Waals surface area contributed by atoms with Gasteiger partial charge in [-0.25, -0.2) is 4.98 Å². The van der Waals surface area contributed by atoms with Crippen LogP contribution in [0.5, 0.6) is 0 Å². The van der Waals surface area contributed by atoms with Gasteiger partial charge in [0, 0.05) is 19.3 Å². The summed E-state index contributed by atoms with van der Waals surface area (Å²) in [5.41, 5.74) is 2.59. The van der Waals surface area contributed by atoms with Gasteiger partial charge in [0.05, 0.1) is 4.47 Å². The second-order valence-electron chi connectivity index (χ2n) is 4.44. The van der Waals surface area contributed by atoms with Gasteiger partial charge in [-0.1, -0.05) is 31.2 Å². The molecule has 1 heterocycles. The molecule has 0 unspecified atom stereocenters. The molecule has 2 aromatic rings. The van der Waals surface area contributed by atoms with Crippen LogP contribution in [0, 0.1) is 0 Å². The minimum absolute atomic E-state index is 0.638. The minimum atomic E-state index is 0.638. The van der Waals surface area contributed by atoms with Crippen LogP contribution < -0.4 is 10.6 Å². The predicted octanol–water partition coefficient (Wildman–Crippen LogP) is 3.85. The van der Waals surface area contributed by atoms with Crippen LogP contribution in [0.15, 0.2) is 34.9 Å². The van der Waals surface area contributed by atoms with Crippen LogP contribution in [0.3, 0.4) is 0 Å². The molecule has 1 aromatic carbocycles. The van der Waals surface area contributed by atoms with Crippen LogP contribution in [0.4, 0.5) is 11.8 Å². The molecule has 0 radical (unpaired) electrons. The normalized spacial score (nSPS) is 10.3. The van der Waals surface area contributed by atoms with Crippen LogP contribution >= 0.6 is 15.9 Å². The first-order valence-corrected chi connectivity index (χ1v) is 7.60. The summed E-state index contributed by atoms with van der Waals surface area (Å²) in [5, 5.41) is 6.43. The van der Waals surface area contributed by atoms with Gasteiger partial charge in [0.15, 0.2) is 0 Å². The standard InChI is InChI=1S/C15H19BrN4/c1-3-11-5-7-12(8-6-11)9-18-14-13(16)10-19-15(20-14)17-4-2/h5-8,10H,3-4,9H2,1-2H3,(H2,17,18,19,20). The molecule has 1 aromatic heterocycles. The maximum atomic E-state index is 4.43.